The van der Waals surface area contributed by atoms with Crippen molar-refractivity contribution in [1.29, 1.82) is 0 Å². The Morgan fingerprint density at radius 2 is 2.33 bits per heavy atom. The van der Waals surface area contributed by atoms with Gasteiger partial charge in [-0.1, -0.05) is 6.92 Å². The van der Waals surface area contributed by atoms with Crippen LogP contribution in [0.1, 0.15) is 30.5 Å². The SMILES string of the molecule is CCC1CN(C)CCCN1Cc1nc(CCl)cs1. The highest BCUT2D eigenvalue weighted by Crippen LogP contribution is 2.18. The maximum absolute atomic E-state index is 5.81. The van der Waals surface area contributed by atoms with Gasteiger partial charge in [0, 0.05) is 24.5 Å². The molecular weight excluding hydrogens is 266 g/mol. The minimum atomic E-state index is 0.524. The highest BCUT2D eigenvalue weighted by Gasteiger charge is 2.22. The van der Waals surface area contributed by atoms with Gasteiger partial charge < -0.3 is 4.90 Å². The van der Waals surface area contributed by atoms with Gasteiger partial charge in [0.2, 0.25) is 0 Å². The summed E-state index contributed by atoms with van der Waals surface area (Å²) in [6.07, 6.45) is 2.46. The van der Waals surface area contributed by atoms with Gasteiger partial charge in [-0.15, -0.1) is 22.9 Å². The molecule has 5 heteroatoms. The van der Waals surface area contributed by atoms with E-state index in [1.165, 1.54) is 37.5 Å². The van der Waals surface area contributed by atoms with Crippen LogP contribution in [0.3, 0.4) is 0 Å². The summed E-state index contributed by atoms with van der Waals surface area (Å²) in [5, 5.41) is 3.28. The van der Waals surface area contributed by atoms with E-state index in [0.717, 1.165) is 12.2 Å². The highest BCUT2D eigenvalue weighted by atomic mass is 35.5. The molecule has 1 unspecified atom stereocenters. The maximum Gasteiger partial charge on any atom is 0.107 e. The fourth-order valence-electron chi connectivity index (χ4n) is 2.54. The first-order chi connectivity index (χ1) is 8.72. The number of aromatic nitrogens is 1. The fourth-order valence-corrected chi connectivity index (χ4v) is 3.59. The second-order valence-electron chi connectivity index (χ2n) is 5.01. The molecule has 102 valence electrons. The first-order valence-corrected chi connectivity index (χ1v) is 8.06. The second kappa shape index (κ2) is 6.85. The van der Waals surface area contributed by atoms with Crippen LogP contribution in [0, 0.1) is 0 Å². The van der Waals surface area contributed by atoms with E-state index in [1.807, 2.05) is 0 Å². The average molecular weight is 288 g/mol. The van der Waals surface area contributed by atoms with E-state index in [9.17, 15) is 0 Å². The van der Waals surface area contributed by atoms with Crippen molar-refractivity contribution in [2.45, 2.75) is 38.2 Å². The number of hydrogen-bond acceptors (Lipinski definition) is 4. The molecule has 0 aliphatic carbocycles. The first-order valence-electron chi connectivity index (χ1n) is 6.64. The molecule has 1 fully saturated rings. The first kappa shape index (κ1) is 14.3. The van der Waals surface area contributed by atoms with Crippen LogP contribution in [0.25, 0.3) is 0 Å². The van der Waals surface area contributed by atoms with Crippen LogP contribution in [0.2, 0.25) is 0 Å². The number of nitrogens with zero attached hydrogens (tertiary/aromatic N) is 3. The number of alkyl halides is 1. The quantitative estimate of drug-likeness (QED) is 0.794. The molecule has 1 atom stereocenters. The molecule has 1 aromatic rings. The Kier molecular flexibility index (Phi) is 5.42. The van der Waals surface area contributed by atoms with Crippen molar-refractivity contribution in [3.05, 3.63) is 16.1 Å². The summed E-state index contributed by atoms with van der Waals surface area (Å²) in [5.41, 5.74) is 1.01. The molecule has 0 bridgehead atoms. The van der Waals surface area contributed by atoms with Crippen LogP contribution in [0.4, 0.5) is 0 Å². The Bertz CT molecular complexity index is 369. The topological polar surface area (TPSA) is 19.4 Å². The van der Waals surface area contributed by atoms with Crippen molar-refractivity contribution < 1.29 is 0 Å². The minimum Gasteiger partial charge on any atom is -0.305 e. The van der Waals surface area contributed by atoms with Gasteiger partial charge in [0.1, 0.15) is 5.01 Å². The molecule has 0 N–H and O–H groups in total. The zero-order valence-corrected chi connectivity index (χ0v) is 12.8. The van der Waals surface area contributed by atoms with Gasteiger partial charge in [-0.25, -0.2) is 4.98 Å². The summed E-state index contributed by atoms with van der Waals surface area (Å²) in [5.74, 6) is 0.524. The van der Waals surface area contributed by atoms with Gasteiger partial charge >= 0.3 is 0 Å². The van der Waals surface area contributed by atoms with Crippen LogP contribution in [0.15, 0.2) is 5.38 Å². The fraction of sp³-hybridized carbons (Fsp3) is 0.769. The largest absolute Gasteiger partial charge is 0.305 e. The monoisotopic (exact) mass is 287 g/mol. The lowest BCUT2D eigenvalue weighted by atomic mass is 10.2. The molecule has 0 aromatic carbocycles. The molecule has 1 aliphatic rings. The van der Waals surface area contributed by atoms with E-state index in [-0.39, 0.29) is 0 Å². The summed E-state index contributed by atoms with van der Waals surface area (Å²) in [6, 6.07) is 0.654. The van der Waals surface area contributed by atoms with Gasteiger partial charge in [0.25, 0.3) is 0 Å². The van der Waals surface area contributed by atoms with Gasteiger partial charge in [0.15, 0.2) is 0 Å². The van der Waals surface area contributed by atoms with E-state index in [0.29, 0.717) is 11.9 Å². The Morgan fingerprint density at radius 1 is 1.50 bits per heavy atom. The number of likely N-dealkylation sites (N-methyl/N-ethyl adjacent to an activating group) is 1. The van der Waals surface area contributed by atoms with E-state index in [1.54, 1.807) is 11.3 Å². The van der Waals surface area contributed by atoms with E-state index in [2.05, 4.69) is 34.1 Å². The zero-order valence-electron chi connectivity index (χ0n) is 11.2. The van der Waals surface area contributed by atoms with Crippen LogP contribution in [0.5, 0.6) is 0 Å². The number of thiazole rings is 1. The summed E-state index contributed by atoms with van der Waals surface area (Å²) in [4.78, 5) is 9.60. The smallest absolute Gasteiger partial charge is 0.107 e. The molecule has 0 saturated carbocycles. The summed E-state index contributed by atoms with van der Waals surface area (Å²) < 4.78 is 0. The van der Waals surface area contributed by atoms with Crippen molar-refractivity contribution in [3.63, 3.8) is 0 Å². The van der Waals surface area contributed by atoms with Crippen molar-refractivity contribution in [1.82, 2.24) is 14.8 Å². The zero-order chi connectivity index (χ0) is 13.0. The predicted molar refractivity (Wildman–Crippen MR) is 78.3 cm³/mol. The van der Waals surface area contributed by atoms with Crippen LogP contribution < -0.4 is 0 Å². The van der Waals surface area contributed by atoms with Gasteiger partial charge in [-0.3, -0.25) is 4.90 Å². The lowest BCUT2D eigenvalue weighted by Crippen LogP contribution is -2.39. The molecule has 2 heterocycles. The molecule has 1 aromatic heterocycles. The Hall–Kier alpha value is -0.160. The molecule has 1 saturated heterocycles. The Balaban J connectivity index is 2.01. The van der Waals surface area contributed by atoms with Crippen LogP contribution in [-0.2, 0) is 12.4 Å². The third-order valence-electron chi connectivity index (χ3n) is 3.57. The lowest BCUT2D eigenvalue weighted by molar-refractivity contribution is 0.175. The van der Waals surface area contributed by atoms with Crippen molar-refractivity contribution in [2.75, 3.05) is 26.7 Å². The molecule has 3 nitrogen and oxygen atoms in total. The predicted octanol–water partition coefficient (Wildman–Crippen LogP) is 2.80. The number of rotatable bonds is 4. The molecule has 0 spiro atoms. The molecule has 0 amide bonds. The lowest BCUT2D eigenvalue weighted by Gasteiger charge is -2.29. The number of halogens is 1. The molecule has 2 rings (SSSR count). The van der Waals surface area contributed by atoms with Crippen molar-refractivity contribution in [2.24, 2.45) is 0 Å². The van der Waals surface area contributed by atoms with Crippen molar-refractivity contribution in [3.8, 4) is 0 Å². The molecule has 0 radical (unpaired) electrons. The Morgan fingerprint density at radius 3 is 3.00 bits per heavy atom. The van der Waals surface area contributed by atoms with E-state index < -0.39 is 0 Å². The molecule has 18 heavy (non-hydrogen) atoms. The summed E-state index contributed by atoms with van der Waals surface area (Å²) in [6.45, 7) is 6.82. The van der Waals surface area contributed by atoms with E-state index >= 15 is 0 Å². The minimum absolute atomic E-state index is 0.524. The normalized spacial score (nSPS) is 23.2. The third-order valence-corrected chi connectivity index (χ3v) is 4.73. The third kappa shape index (κ3) is 3.67. The summed E-state index contributed by atoms with van der Waals surface area (Å²) in [7, 11) is 2.22. The van der Waals surface area contributed by atoms with E-state index in [4.69, 9.17) is 11.6 Å². The molecule has 1 aliphatic heterocycles. The molecular formula is C13H22ClN3S. The van der Waals surface area contributed by atoms with Gasteiger partial charge in [-0.05, 0) is 26.4 Å². The van der Waals surface area contributed by atoms with Gasteiger partial charge in [0.05, 0.1) is 18.1 Å². The Labute approximate surface area is 119 Å². The maximum atomic E-state index is 5.81. The highest BCUT2D eigenvalue weighted by molar-refractivity contribution is 7.09. The average Bonchev–Trinajstić information content (AvgIpc) is 2.74. The standard InChI is InChI=1S/C13H22ClN3S/c1-3-12-8-16(2)5-4-6-17(12)9-13-15-11(7-14)10-18-13/h10,12H,3-9H2,1-2H3. The van der Waals surface area contributed by atoms with Crippen LogP contribution >= 0.6 is 22.9 Å². The van der Waals surface area contributed by atoms with Crippen molar-refractivity contribution >= 4 is 22.9 Å². The number of hydrogen-bond donors (Lipinski definition) is 0. The second-order valence-corrected chi connectivity index (χ2v) is 6.22. The summed E-state index contributed by atoms with van der Waals surface area (Å²) >= 11 is 7.55. The van der Waals surface area contributed by atoms with Crippen LogP contribution in [-0.4, -0.2) is 47.5 Å². The van der Waals surface area contributed by atoms with Gasteiger partial charge in [-0.2, -0.15) is 0 Å².